The second-order valence-corrected chi connectivity index (χ2v) is 6.90. The number of ether oxygens (including phenoxy) is 1. The zero-order valence-electron chi connectivity index (χ0n) is 16.2. The molecule has 0 unspecified atom stereocenters. The minimum Gasteiger partial charge on any atom is -0.462 e. The number of nitriles is 1. The third-order valence-corrected chi connectivity index (χ3v) is 4.88. The van der Waals surface area contributed by atoms with Crippen LogP contribution in [0.3, 0.4) is 0 Å². The van der Waals surface area contributed by atoms with Crippen LogP contribution in [0.1, 0.15) is 41.8 Å². The molecule has 4 rings (SSSR count). The van der Waals surface area contributed by atoms with Crippen molar-refractivity contribution in [2.24, 2.45) is 0 Å². The first-order valence-electron chi connectivity index (χ1n) is 9.52. The van der Waals surface area contributed by atoms with Crippen molar-refractivity contribution in [2.75, 3.05) is 19.0 Å². The van der Waals surface area contributed by atoms with E-state index in [-0.39, 0.29) is 6.04 Å². The smallest absolute Gasteiger partial charge is 0.227 e. The molecule has 1 fully saturated rings. The standard InChI is InChI=1S/C21H22N6O2/c1-28-14-18-7-6-17(29-18)13-27-10-2-3-20(27)19-8-9-23-21(26-19)25-16-5-4-15(11-22)24-12-16/h4-9,12,20H,2-3,10,13-14H2,1H3,(H,23,25,26)/t20-/m1/s1. The Balaban J connectivity index is 1.46. The summed E-state index contributed by atoms with van der Waals surface area (Å²) >= 11 is 0. The van der Waals surface area contributed by atoms with Crippen LogP contribution in [-0.2, 0) is 17.9 Å². The number of pyridine rings is 1. The number of aromatic nitrogens is 3. The van der Waals surface area contributed by atoms with Gasteiger partial charge >= 0.3 is 0 Å². The van der Waals surface area contributed by atoms with Crippen molar-refractivity contribution in [3.63, 3.8) is 0 Å². The summed E-state index contributed by atoms with van der Waals surface area (Å²) in [6.45, 7) is 2.21. The lowest BCUT2D eigenvalue weighted by Crippen LogP contribution is -2.23. The maximum absolute atomic E-state index is 8.86. The average Bonchev–Trinajstić information content (AvgIpc) is 3.39. The van der Waals surface area contributed by atoms with E-state index in [0.717, 1.165) is 48.8 Å². The van der Waals surface area contributed by atoms with Gasteiger partial charge in [-0.3, -0.25) is 4.90 Å². The van der Waals surface area contributed by atoms with E-state index in [1.807, 2.05) is 24.3 Å². The lowest BCUT2D eigenvalue weighted by atomic mass is 10.1. The number of anilines is 2. The highest BCUT2D eigenvalue weighted by molar-refractivity contribution is 5.52. The fourth-order valence-corrected chi connectivity index (χ4v) is 3.56. The molecule has 0 aromatic carbocycles. The Morgan fingerprint density at radius 1 is 1.24 bits per heavy atom. The van der Waals surface area contributed by atoms with Gasteiger partial charge in [0, 0.05) is 13.3 Å². The number of methoxy groups -OCH3 is 1. The maximum Gasteiger partial charge on any atom is 0.227 e. The van der Waals surface area contributed by atoms with Crippen LogP contribution in [-0.4, -0.2) is 33.5 Å². The van der Waals surface area contributed by atoms with E-state index >= 15 is 0 Å². The molecule has 3 aromatic heterocycles. The van der Waals surface area contributed by atoms with E-state index in [1.54, 1.807) is 31.6 Å². The van der Waals surface area contributed by atoms with E-state index in [1.165, 1.54) is 0 Å². The number of nitrogens with one attached hydrogen (secondary N) is 1. The van der Waals surface area contributed by atoms with Gasteiger partial charge in [0.25, 0.3) is 0 Å². The Morgan fingerprint density at radius 3 is 2.93 bits per heavy atom. The molecular formula is C21H22N6O2. The predicted molar refractivity (Wildman–Crippen MR) is 106 cm³/mol. The van der Waals surface area contributed by atoms with Crippen molar-refractivity contribution in [3.05, 3.63) is 65.6 Å². The molecule has 1 atom stereocenters. The lowest BCUT2D eigenvalue weighted by Gasteiger charge is -2.23. The summed E-state index contributed by atoms with van der Waals surface area (Å²) in [5.74, 6) is 2.28. The van der Waals surface area contributed by atoms with Crippen LogP contribution in [0.4, 0.5) is 11.6 Å². The van der Waals surface area contributed by atoms with E-state index in [4.69, 9.17) is 19.4 Å². The lowest BCUT2D eigenvalue weighted by molar-refractivity contribution is 0.158. The molecule has 0 aliphatic carbocycles. The minimum absolute atomic E-state index is 0.216. The van der Waals surface area contributed by atoms with Crippen molar-refractivity contribution in [1.82, 2.24) is 19.9 Å². The summed E-state index contributed by atoms with van der Waals surface area (Å²) in [6, 6.07) is 11.6. The second kappa shape index (κ2) is 8.82. The number of furan rings is 1. The first-order valence-corrected chi connectivity index (χ1v) is 9.52. The Hall–Kier alpha value is -3.28. The maximum atomic E-state index is 8.86. The molecule has 1 N–H and O–H groups in total. The third-order valence-electron chi connectivity index (χ3n) is 4.88. The van der Waals surface area contributed by atoms with E-state index in [0.29, 0.717) is 18.2 Å². The van der Waals surface area contributed by atoms with Gasteiger partial charge in [0.1, 0.15) is 29.9 Å². The quantitative estimate of drug-likeness (QED) is 0.654. The van der Waals surface area contributed by atoms with Crippen LogP contribution >= 0.6 is 0 Å². The highest BCUT2D eigenvalue weighted by Crippen LogP contribution is 2.32. The molecule has 1 aliphatic heterocycles. The Kier molecular flexibility index (Phi) is 5.79. The molecule has 4 heterocycles. The van der Waals surface area contributed by atoms with Gasteiger partial charge in [-0.25, -0.2) is 15.0 Å². The normalized spacial score (nSPS) is 16.6. The first-order chi connectivity index (χ1) is 14.2. The molecule has 0 spiro atoms. The Morgan fingerprint density at radius 2 is 2.14 bits per heavy atom. The molecule has 0 bridgehead atoms. The van der Waals surface area contributed by atoms with Crippen molar-refractivity contribution in [1.29, 1.82) is 5.26 Å². The topological polar surface area (TPSA) is 100 Å². The molecule has 29 heavy (non-hydrogen) atoms. The van der Waals surface area contributed by atoms with Gasteiger partial charge in [0.2, 0.25) is 5.95 Å². The van der Waals surface area contributed by atoms with E-state index < -0.39 is 0 Å². The van der Waals surface area contributed by atoms with Crippen molar-refractivity contribution in [2.45, 2.75) is 32.0 Å². The third kappa shape index (κ3) is 4.59. The monoisotopic (exact) mass is 390 g/mol. The molecule has 0 amide bonds. The molecule has 148 valence electrons. The van der Waals surface area contributed by atoms with Gasteiger partial charge in [-0.1, -0.05) is 0 Å². The van der Waals surface area contributed by atoms with Gasteiger partial charge in [-0.05, 0) is 49.7 Å². The number of nitrogens with zero attached hydrogens (tertiary/aromatic N) is 5. The number of likely N-dealkylation sites (tertiary alicyclic amines) is 1. The molecular weight excluding hydrogens is 368 g/mol. The summed E-state index contributed by atoms with van der Waals surface area (Å²) < 4.78 is 11.0. The van der Waals surface area contributed by atoms with E-state index in [2.05, 4.69) is 20.2 Å². The highest BCUT2D eigenvalue weighted by Gasteiger charge is 2.28. The van der Waals surface area contributed by atoms with Gasteiger partial charge < -0.3 is 14.5 Å². The van der Waals surface area contributed by atoms with Crippen LogP contribution in [0.2, 0.25) is 0 Å². The fraction of sp³-hybridized carbons (Fsp3) is 0.333. The van der Waals surface area contributed by atoms with Crippen LogP contribution in [0.5, 0.6) is 0 Å². The fourth-order valence-electron chi connectivity index (χ4n) is 3.56. The first kappa shape index (κ1) is 19.1. The summed E-state index contributed by atoms with van der Waals surface area (Å²) in [5, 5.41) is 12.0. The number of hydrogen-bond acceptors (Lipinski definition) is 8. The predicted octanol–water partition coefficient (Wildman–Crippen LogP) is 3.56. The molecule has 0 saturated carbocycles. The van der Waals surface area contributed by atoms with E-state index in [9.17, 15) is 0 Å². The van der Waals surface area contributed by atoms with Gasteiger partial charge in [0.05, 0.1) is 30.2 Å². The highest BCUT2D eigenvalue weighted by atomic mass is 16.5. The largest absolute Gasteiger partial charge is 0.462 e. The molecule has 1 aliphatic rings. The average molecular weight is 390 g/mol. The second-order valence-electron chi connectivity index (χ2n) is 6.90. The van der Waals surface area contributed by atoms with Gasteiger partial charge in [-0.15, -0.1) is 0 Å². The molecule has 1 saturated heterocycles. The van der Waals surface area contributed by atoms with Crippen LogP contribution in [0.15, 0.2) is 47.1 Å². The summed E-state index contributed by atoms with van der Waals surface area (Å²) in [7, 11) is 1.66. The van der Waals surface area contributed by atoms with Gasteiger partial charge in [0.15, 0.2) is 0 Å². The number of rotatable bonds is 7. The van der Waals surface area contributed by atoms with Crippen LogP contribution in [0.25, 0.3) is 0 Å². The van der Waals surface area contributed by atoms with Crippen molar-refractivity contribution >= 4 is 11.6 Å². The SMILES string of the molecule is COCc1ccc(CN2CCC[C@@H]2c2ccnc(Nc3ccc(C#N)nc3)n2)o1. The Labute approximate surface area is 169 Å². The molecule has 0 radical (unpaired) electrons. The summed E-state index contributed by atoms with van der Waals surface area (Å²) in [6.07, 6.45) is 5.52. The van der Waals surface area contributed by atoms with Crippen molar-refractivity contribution in [3.8, 4) is 6.07 Å². The Bertz CT molecular complexity index is 995. The molecule has 3 aromatic rings. The summed E-state index contributed by atoms with van der Waals surface area (Å²) in [5.41, 5.74) is 2.09. The van der Waals surface area contributed by atoms with Crippen LogP contribution < -0.4 is 5.32 Å². The number of hydrogen-bond donors (Lipinski definition) is 1. The van der Waals surface area contributed by atoms with Crippen LogP contribution in [0, 0.1) is 11.3 Å². The minimum atomic E-state index is 0.216. The van der Waals surface area contributed by atoms with Crippen molar-refractivity contribution < 1.29 is 9.15 Å². The summed E-state index contributed by atoms with van der Waals surface area (Å²) in [4.78, 5) is 15.5. The zero-order chi connectivity index (χ0) is 20.1. The van der Waals surface area contributed by atoms with Gasteiger partial charge in [-0.2, -0.15) is 5.26 Å². The molecule has 8 nitrogen and oxygen atoms in total. The zero-order valence-corrected chi connectivity index (χ0v) is 16.2. The molecule has 8 heteroatoms.